The van der Waals surface area contributed by atoms with Crippen molar-refractivity contribution in [2.45, 2.75) is 36.7 Å². The van der Waals surface area contributed by atoms with Gasteiger partial charge in [0, 0.05) is 0 Å². The third-order valence-corrected chi connectivity index (χ3v) is 9.99. The molecule has 1 aliphatic heterocycles. The maximum atomic E-state index is 6.18. The fourth-order valence-electron chi connectivity index (χ4n) is 1.69. The van der Waals surface area contributed by atoms with Crippen LogP contribution < -0.4 is 5.30 Å². The van der Waals surface area contributed by atoms with Gasteiger partial charge in [-0.1, -0.05) is 0 Å². The molecule has 1 aromatic rings. The minimum atomic E-state index is -2.01. The van der Waals surface area contributed by atoms with Gasteiger partial charge >= 0.3 is 117 Å². The van der Waals surface area contributed by atoms with Gasteiger partial charge in [-0.25, -0.2) is 0 Å². The standard InChI is InChI=1S/C12H17O2PSe2/c1-10-8-17-9-11(2)14-15(16,13-10)12-6-4-3-5-7-12/h3-7,10-11H,8-9H2,1-2H3/t10-,11-/m0/s1. The number of benzene rings is 1. The van der Waals surface area contributed by atoms with Crippen LogP contribution in [0.5, 0.6) is 0 Å². The van der Waals surface area contributed by atoms with Gasteiger partial charge in [0.05, 0.1) is 0 Å². The molecule has 1 saturated heterocycles. The molecule has 1 fully saturated rings. The second-order valence-corrected chi connectivity index (χ2v) is 11.4. The summed E-state index contributed by atoms with van der Waals surface area (Å²) in [5.74, 6) is -2.01. The minimum absolute atomic E-state index is 0.289. The van der Waals surface area contributed by atoms with E-state index in [0.29, 0.717) is 15.0 Å². The van der Waals surface area contributed by atoms with Crippen molar-refractivity contribution in [1.82, 2.24) is 0 Å². The molecule has 0 spiro atoms. The van der Waals surface area contributed by atoms with Crippen LogP contribution in [0, 0.1) is 0 Å². The van der Waals surface area contributed by atoms with Crippen molar-refractivity contribution >= 4 is 41.3 Å². The van der Waals surface area contributed by atoms with E-state index in [2.05, 4.69) is 41.1 Å². The van der Waals surface area contributed by atoms with E-state index in [9.17, 15) is 0 Å². The molecule has 2 rings (SSSR count). The first-order chi connectivity index (χ1) is 8.10. The first kappa shape index (κ1) is 14.0. The Labute approximate surface area is 117 Å². The van der Waals surface area contributed by atoms with E-state index in [4.69, 9.17) is 9.05 Å². The molecular formula is C12H17O2PSe2. The zero-order chi connectivity index (χ0) is 12.3. The Morgan fingerprint density at radius 1 is 1.12 bits per heavy atom. The van der Waals surface area contributed by atoms with E-state index >= 15 is 0 Å². The van der Waals surface area contributed by atoms with E-state index in [1.807, 2.05) is 18.2 Å². The van der Waals surface area contributed by atoms with Crippen LogP contribution in [0.2, 0.25) is 10.6 Å². The molecule has 0 bridgehead atoms. The molecule has 2 nitrogen and oxygen atoms in total. The number of rotatable bonds is 1. The molecule has 0 N–H and O–H groups in total. The monoisotopic (exact) mass is 384 g/mol. The third kappa shape index (κ3) is 3.78. The SMILES string of the molecule is C[C@H]1C[Se]C[C@H](C)OP(=[Se])(c2ccccc2)O1. The predicted molar refractivity (Wildman–Crippen MR) is 75.2 cm³/mol. The van der Waals surface area contributed by atoms with Crippen LogP contribution in [0.1, 0.15) is 13.8 Å². The van der Waals surface area contributed by atoms with Gasteiger partial charge < -0.3 is 0 Å². The van der Waals surface area contributed by atoms with Crippen LogP contribution in [0.3, 0.4) is 0 Å². The van der Waals surface area contributed by atoms with E-state index in [1.165, 1.54) is 10.6 Å². The normalized spacial score (nSPS) is 29.3. The first-order valence-electron chi connectivity index (χ1n) is 5.70. The summed E-state index contributed by atoms with van der Waals surface area (Å²) in [7, 11) is 0. The summed E-state index contributed by atoms with van der Waals surface area (Å²) in [4.78, 5) is 0. The Morgan fingerprint density at radius 2 is 1.65 bits per heavy atom. The van der Waals surface area contributed by atoms with E-state index < -0.39 is 5.96 Å². The van der Waals surface area contributed by atoms with Crippen molar-refractivity contribution in [2.75, 3.05) is 0 Å². The van der Waals surface area contributed by atoms with Crippen LogP contribution >= 0.6 is 5.96 Å². The molecule has 94 valence electrons. The van der Waals surface area contributed by atoms with Gasteiger partial charge in [-0.3, -0.25) is 0 Å². The summed E-state index contributed by atoms with van der Waals surface area (Å²) in [5, 5.41) is 3.52. The van der Waals surface area contributed by atoms with Crippen LogP contribution in [-0.2, 0) is 9.05 Å². The van der Waals surface area contributed by atoms with Crippen molar-refractivity contribution in [3.8, 4) is 0 Å². The molecule has 1 aliphatic rings. The Hall–Kier alpha value is 0.609. The maximum absolute atomic E-state index is 6.18. The fourth-order valence-corrected chi connectivity index (χ4v) is 8.65. The molecule has 0 aliphatic carbocycles. The van der Waals surface area contributed by atoms with Gasteiger partial charge in [-0.05, 0) is 0 Å². The summed E-state index contributed by atoms with van der Waals surface area (Å²) in [6.07, 6.45) is 0.578. The van der Waals surface area contributed by atoms with Crippen molar-refractivity contribution in [3.63, 3.8) is 0 Å². The first-order valence-corrected chi connectivity index (χ1v) is 12.0. The summed E-state index contributed by atoms with van der Waals surface area (Å²) in [5.41, 5.74) is 0. The van der Waals surface area contributed by atoms with Crippen molar-refractivity contribution in [2.24, 2.45) is 0 Å². The van der Waals surface area contributed by atoms with Gasteiger partial charge in [-0.2, -0.15) is 0 Å². The van der Waals surface area contributed by atoms with Crippen LogP contribution in [-0.4, -0.2) is 42.3 Å². The zero-order valence-corrected chi connectivity index (χ0v) is 14.4. The Balaban J connectivity index is 2.28. The van der Waals surface area contributed by atoms with Gasteiger partial charge in [0.2, 0.25) is 0 Å². The Kier molecular flexibility index (Phi) is 5.09. The molecule has 0 radical (unpaired) electrons. The van der Waals surface area contributed by atoms with Gasteiger partial charge in [0.25, 0.3) is 0 Å². The van der Waals surface area contributed by atoms with E-state index in [0.717, 1.165) is 5.30 Å². The quantitative estimate of drug-likeness (QED) is 0.549. The van der Waals surface area contributed by atoms with Crippen molar-refractivity contribution < 1.29 is 9.05 Å². The summed E-state index contributed by atoms with van der Waals surface area (Å²) in [6, 6.07) is 10.3. The average molecular weight is 382 g/mol. The molecule has 0 aromatic heterocycles. The number of hydrogen-bond donors (Lipinski definition) is 0. The average Bonchev–Trinajstić information content (AvgIpc) is 2.28. The van der Waals surface area contributed by atoms with Gasteiger partial charge in [0.15, 0.2) is 0 Å². The molecular weight excluding hydrogens is 365 g/mol. The van der Waals surface area contributed by atoms with Crippen molar-refractivity contribution in [3.05, 3.63) is 30.3 Å². The second-order valence-electron chi connectivity index (χ2n) is 4.20. The topological polar surface area (TPSA) is 18.5 Å². The summed E-state index contributed by atoms with van der Waals surface area (Å²) >= 11 is 3.85. The predicted octanol–water partition coefficient (Wildman–Crippen LogP) is 2.61. The second kappa shape index (κ2) is 6.17. The van der Waals surface area contributed by atoms with Crippen LogP contribution in [0.15, 0.2) is 30.3 Å². The molecule has 0 amide bonds. The molecule has 0 saturated carbocycles. The summed E-state index contributed by atoms with van der Waals surface area (Å²) in [6.45, 7) is 4.30. The fraction of sp³-hybridized carbons (Fsp3) is 0.500. The Bertz CT molecular complexity index is 394. The molecule has 17 heavy (non-hydrogen) atoms. The van der Waals surface area contributed by atoms with Gasteiger partial charge in [0.1, 0.15) is 0 Å². The Morgan fingerprint density at radius 3 is 2.18 bits per heavy atom. The summed E-state index contributed by atoms with van der Waals surface area (Å²) < 4.78 is 12.4. The number of hydrogen-bond acceptors (Lipinski definition) is 2. The zero-order valence-electron chi connectivity index (χ0n) is 10.0. The van der Waals surface area contributed by atoms with E-state index in [1.54, 1.807) is 0 Å². The molecule has 1 heterocycles. The van der Waals surface area contributed by atoms with Crippen LogP contribution in [0.25, 0.3) is 0 Å². The molecule has 1 aromatic carbocycles. The van der Waals surface area contributed by atoms with Crippen molar-refractivity contribution in [1.29, 1.82) is 0 Å². The molecule has 2 atom stereocenters. The third-order valence-electron chi connectivity index (χ3n) is 2.41. The van der Waals surface area contributed by atoms with E-state index in [-0.39, 0.29) is 12.2 Å². The van der Waals surface area contributed by atoms with Crippen LogP contribution in [0.4, 0.5) is 0 Å². The van der Waals surface area contributed by atoms with Gasteiger partial charge in [-0.15, -0.1) is 0 Å². The molecule has 5 heteroatoms. The molecule has 0 unspecified atom stereocenters.